The molecule has 19 heavy (non-hydrogen) atoms. The lowest BCUT2D eigenvalue weighted by Crippen LogP contribution is -1.98. The summed E-state index contributed by atoms with van der Waals surface area (Å²) in [5.41, 5.74) is 2.87. The first kappa shape index (κ1) is 11.0. The molecule has 1 aliphatic rings. The highest BCUT2D eigenvalue weighted by molar-refractivity contribution is 7.09. The summed E-state index contributed by atoms with van der Waals surface area (Å²) in [6.07, 6.45) is 4.24. The molecule has 0 amide bonds. The minimum atomic E-state index is 0.555. The van der Waals surface area contributed by atoms with Crippen molar-refractivity contribution in [2.45, 2.75) is 25.3 Å². The third-order valence-electron chi connectivity index (χ3n) is 3.26. The predicted molar refractivity (Wildman–Crippen MR) is 75.4 cm³/mol. The molecule has 2 aromatic heterocycles. The molecule has 1 N–H and O–H groups in total. The second-order valence-corrected chi connectivity index (χ2v) is 5.77. The fourth-order valence-electron chi connectivity index (χ4n) is 2.08. The van der Waals surface area contributed by atoms with E-state index in [-0.39, 0.29) is 0 Å². The topological polar surface area (TPSA) is 51.0 Å². The van der Waals surface area contributed by atoms with Gasteiger partial charge in [0.25, 0.3) is 0 Å². The fraction of sp³-hybridized carbons (Fsp3) is 0.286. The van der Waals surface area contributed by atoms with Gasteiger partial charge in [-0.15, -0.1) is 11.3 Å². The Kier molecular flexibility index (Phi) is 2.51. The number of thiazole rings is 1. The van der Waals surface area contributed by atoms with Crippen molar-refractivity contribution in [1.82, 2.24) is 9.97 Å². The highest BCUT2D eigenvalue weighted by atomic mass is 32.1. The van der Waals surface area contributed by atoms with Gasteiger partial charge in [0, 0.05) is 23.2 Å². The first-order valence-corrected chi connectivity index (χ1v) is 7.29. The lowest BCUT2D eigenvalue weighted by molar-refractivity contribution is 0.533. The third kappa shape index (κ3) is 2.21. The molecule has 4 nitrogen and oxygen atoms in total. The predicted octanol–water partition coefficient (Wildman–Crippen LogP) is 3.77. The van der Waals surface area contributed by atoms with Crippen molar-refractivity contribution < 1.29 is 4.42 Å². The summed E-state index contributed by atoms with van der Waals surface area (Å²) in [4.78, 5) is 8.81. The molecule has 1 saturated carbocycles. The first-order chi connectivity index (χ1) is 9.38. The van der Waals surface area contributed by atoms with E-state index in [1.165, 1.54) is 12.8 Å². The Morgan fingerprint density at radius 1 is 1.37 bits per heavy atom. The number of anilines is 1. The number of oxazole rings is 1. The van der Waals surface area contributed by atoms with E-state index in [1.807, 2.05) is 29.8 Å². The molecule has 2 heterocycles. The van der Waals surface area contributed by atoms with Gasteiger partial charge in [-0.1, -0.05) is 0 Å². The lowest BCUT2D eigenvalue weighted by Gasteiger charge is -2.02. The van der Waals surface area contributed by atoms with Gasteiger partial charge in [-0.2, -0.15) is 0 Å². The number of nitrogens with zero attached hydrogens (tertiary/aromatic N) is 2. The minimum absolute atomic E-state index is 0.555. The summed E-state index contributed by atoms with van der Waals surface area (Å²) in [5.74, 6) is 1.45. The number of rotatable bonds is 4. The van der Waals surface area contributed by atoms with E-state index < -0.39 is 0 Å². The molecule has 0 unspecified atom stereocenters. The molecule has 4 rings (SSSR count). The van der Waals surface area contributed by atoms with Crippen LogP contribution in [0.2, 0.25) is 0 Å². The zero-order chi connectivity index (χ0) is 12.7. The number of fused-ring (bicyclic) bond motifs is 1. The molecule has 0 spiro atoms. The quantitative estimate of drug-likeness (QED) is 0.784. The van der Waals surface area contributed by atoms with Crippen LogP contribution in [0.1, 0.15) is 29.7 Å². The monoisotopic (exact) mass is 271 g/mol. The van der Waals surface area contributed by atoms with Crippen molar-refractivity contribution in [3.8, 4) is 0 Å². The summed E-state index contributed by atoms with van der Waals surface area (Å²) < 4.78 is 5.75. The maximum absolute atomic E-state index is 5.75. The SMILES string of the molecule is c1csc(CNc2ccc3oc(C4CC4)nc3c2)n1. The molecule has 0 saturated heterocycles. The van der Waals surface area contributed by atoms with Crippen LogP contribution in [0.5, 0.6) is 0 Å². The molecule has 0 radical (unpaired) electrons. The summed E-state index contributed by atoms with van der Waals surface area (Å²) >= 11 is 1.65. The van der Waals surface area contributed by atoms with Gasteiger partial charge in [0.05, 0.1) is 6.54 Å². The maximum Gasteiger partial charge on any atom is 0.198 e. The van der Waals surface area contributed by atoms with Gasteiger partial charge in [-0.25, -0.2) is 9.97 Å². The molecule has 1 fully saturated rings. The van der Waals surface area contributed by atoms with Crippen molar-refractivity contribution in [2.24, 2.45) is 0 Å². The summed E-state index contributed by atoms with van der Waals surface area (Å²) in [7, 11) is 0. The number of benzene rings is 1. The normalized spacial score (nSPS) is 14.9. The maximum atomic E-state index is 5.75. The number of nitrogens with one attached hydrogen (secondary N) is 1. The van der Waals surface area contributed by atoms with Crippen LogP contribution in [0.4, 0.5) is 5.69 Å². The molecule has 96 valence electrons. The van der Waals surface area contributed by atoms with Crippen LogP contribution in [0.3, 0.4) is 0 Å². The Hall–Kier alpha value is -1.88. The second-order valence-electron chi connectivity index (χ2n) is 4.79. The lowest BCUT2D eigenvalue weighted by atomic mass is 10.3. The average Bonchev–Trinajstić information content (AvgIpc) is 3.00. The smallest absolute Gasteiger partial charge is 0.198 e. The van der Waals surface area contributed by atoms with Gasteiger partial charge in [0.1, 0.15) is 10.5 Å². The van der Waals surface area contributed by atoms with Gasteiger partial charge in [-0.3, -0.25) is 0 Å². The highest BCUT2D eigenvalue weighted by Gasteiger charge is 2.28. The third-order valence-corrected chi connectivity index (χ3v) is 4.04. The van der Waals surface area contributed by atoms with Crippen molar-refractivity contribution >= 4 is 28.1 Å². The van der Waals surface area contributed by atoms with E-state index in [9.17, 15) is 0 Å². The molecule has 1 aliphatic carbocycles. The Bertz CT molecular complexity index is 701. The first-order valence-electron chi connectivity index (χ1n) is 6.41. The number of hydrogen-bond acceptors (Lipinski definition) is 5. The van der Waals surface area contributed by atoms with E-state index in [0.29, 0.717) is 5.92 Å². The zero-order valence-electron chi connectivity index (χ0n) is 10.3. The largest absolute Gasteiger partial charge is 0.440 e. The van der Waals surface area contributed by atoms with Gasteiger partial charge in [0.15, 0.2) is 11.5 Å². The average molecular weight is 271 g/mol. The van der Waals surface area contributed by atoms with Crippen LogP contribution < -0.4 is 5.32 Å². The van der Waals surface area contributed by atoms with Crippen LogP contribution in [0.25, 0.3) is 11.1 Å². The Morgan fingerprint density at radius 2 is 2.32 bits per heavy atom. The summed E-state index contributed by atoms with van der Waals surface area (Å²) in [6.45, 7) is 0.747. The van der Waals surface area contributed by atoms with Crippen molar-refractivity contribution in [3.63, 3.8) is 0 Å². The van der Waals surface area contributed by atoms with Crippen LogP contribution in [0, 0.1) is 0 Å². The molecule has 3 aromatic rings. The number of aromatic nitrogens is 2. The van der Waals surface area contributed by atoms with Crippen LogP contribution in [-0.2, 0) is 6.54 Å². The number of hydrogen-bond donors (Lipinski definition) is 1. The van der Waals surface area contributed by atoms with Crippen LogP contribution >= 0.6 is 11.3 Å². The molecular weight excluding hydrogens is 258 g/mol. The van der Waals surface area contributed by atoms with E-state index >= 15 is 0 Å². The summed E-state index contributed by atoms with van der Waals surface area (Å²) in [5, 5.41) is 6.43. The van der Waals surface area contributed by atoms with Crippen molar-refractivity contribution in [2.75, 3.05) is 5.32 Å². The van der Waals surface area contributed by atoms with Crippen LogP contribution in [-0.4, -0.2) is 9.97 Å². The standard InChI is InChI=1S/C14H13N3OS/c1-2-9(1)14-17-11-7-10(3-4-12(11)18-14)16-8-13-15-5-6-19-13/h3-7,9,16H,1-2,8H2. The van der Waals surface area contributed by atoms with E-state index in [0.717, 1.165) is 34.2 Å². The van der Waals surface area contributed by atoms with Crippen molar-refractivity contribution in [3.05, 3.63) is 40.7 Å². The van der Waals surface area contributed by atoms with E-state index in [2.05, 4.69) is 15.3 Å². The zero-order valence-corrected chi connectivity index (χ0v) is 11.1. The molecule has 1 aromatic carbocycles. The Labute approximate surface area is 114 Å². The molecular formula is C14H13N3OS. The summed E-state index contributed by atoms with van der Waals surface area (Å²) in [6, 6.07) is 6.05. The highest BCUT2D eigenvalue weighted by Crippen LogP contribution is 2.40. The van der Waals surface area contributed by atoms with Gasteiger partial charge in [-0.05, 0) is 31.0 Å². The van der Waals surface area contributed by atoms with Gasteiger partial charge < -0.3 is 9.73 Å². The Morgan fingerprint density at radius 3 is 3.11 bits per heavy atom. The van der Waals surface area contributed by atoms with Crippen LogP contribution in [0.15, 0.2) is 34.2 Å². The molecule has 0 atom stereocenters. The van der Waals surface area contributed by atoms with E-state index in [1.54, 1.807) is 11.3 Å². The molecule has 0 bridgehead atoms. The van der Waals surface area contributed by atoms with Gasteiger partial charge in [0.2, 0.25) is 0 Å². The molecule has 5 heteroatoms. The second kappa shape index (κ2) is 4.35. The van der Waals surface area contributed by atoms with E-state index in [4.69, 9.17) is 4.42 Å². The fourth-order valence-corrected chi connectivity index (χ4v) is 2.63. The molecule has 0 aliphatic heterocycles. The van der Waals surface area contributed by atoms with Gasteiger partial charge >= 0.3 is 0 Å². The van der Waals surface area contributed by atoms with Crippen molar-refractivity contribution in [1.29, 1.82) is 0 Å². The minimum Gasteiger partial charge on any atom is -0.440 e. The Balaban J connectivity index is 1.56.